The van der Waals surface area contributed by atoms with Gasteiger partial charge in [0.1, 0.15) is 5.75 Å². The van der Waals surface area contributed by atoms with Crippen LogP contribution >= 0.6 is 0 Å². The first kappa shape index (κ1) is 9.45. The number of nitrogens with zero attached hydrogens (tertiary/aromatic N) is 2. The molecule has 1 aromatic heterocycles. The van der Waals surface area contributed by atoms with Gasteiger partial charge in [-0.05, 0) is 18.2 Å². The minimum absolute atomic E-state index is 0.634. The third-order valence-corrected chi connectivity index (χ3v) is 2.03. The molecule has 0 fully saturated rings. The third kappa shape index (κ3) is 1.88. The van der Waals surface area contributed by atoms with Crippen molar-refractivity contribution >= 4 is 5.69 Å². The van der Waals surface area contributed by atoms with Crippen LogP contribution in [0.3, 0.4) is 0 Å². The van der Waals surface area contributed by atoms with Crippen molar-refractivity contribution in [3.63, 3.8) is 0 Å². The number of aromatic nitrogens is 2. The number of nitrogens with two attached hydrogens (primary N) is 1. The molecule has 0 amide bonds. The molecule has 0 radical (unpaired) electrons. The lowest BCUT2D eigenvalue weighted by molar-refractivity contribution is 0.416. The van der Waals surface area contributed by atoms with Gasteiger partial charge in [-0.3, -0.25) is 0 Å². The summed E-state index contributed by atoms with van der Waals surface area (Å²) in [5.41, 5.74) is 7.16. The summed E-state index contributed by atoms with van der Waals surface area (Å²) in [6.07, 6.45) is 3.39. The Morgan fingerprint density at radius 2 is 1.93 bits per heavy atom. The zero-order valence-corrected chi connectivity index (χ0v) is 8.34. The van der Waals surface area contributed by atoms with Gasteiger partial charge in [-0.1, -0.05) is 0 Å². The van der Waals surface area contributed by atoms with Crippen LogP contribution in [0.25, 0.3) is 11.4 Å². The summed E-state index contributed by atoms with van der Waals surface area (Å²) >= 11 is 0. The molecule has 76 valence electrons. The van der Waals surface area contributed by atoms with E-state index in [0.717, 1.165) is 5.56 Å². The van der Waals surface area contributed by atoms with Crippen molar-refractivity contribution in [2.75, 3.05) is 12.8 Å². The quantitative estimate of drug-likeness (QED) is 0.752. The lowest BCUT2D eigenvalue weighted by Gasteiger charge is -2.07. The maximum Gasteiger partial charge on any atom is 0.162 e. The largest absolute Gasteiger partial charge is 0.496 e. The smallest absolute Gasteiger partial charge is 0.162 e. The standard InChI is InChI=1S/C11H11N3O/c1-15-10-7-8(12)3-4-9(10)11-13-5-2-6-14-11/h2-7H,12H2,1H3. The number of ether oxygens (including phenoxy) is 1. The molecule has 0 bridgehead atoms. The maximum absolute atomic E-state index is 5.66. The number of benzene rings is 1. The second kappa shape index (κ2) is 3.96. The molecule has 0 aliphatic rings. The number of rotatable bonds is 2. The summed E-state index contributed by atoms with van der Waals surface area (Å²) in [5, 5.41) is 0. The summed E-state index contributed by atoms with van der Waals surface area (Å²) in [5.74, 6) is 1.32. The van der Waals surface area contributed by atoms with Crippen molar-refractivity contribution in [2.45, 2.75) is 0 Å². The normalized spacial score (nSPS) is 9.93. The van der Waals surface area contributed by atoms with Crippen molar-refractivity contribution in [3.8, 4) is 17.1 Å². The lowest BCUT2D eigenvalue weighted by atomic mass is 10.1. The van der Waals surface area contributed by atoms with Crippen molar-refractivity contribution in [2.24, 2.45) is 0 Å². The van der Waals surface area contributed by atoms with Gasteiger partial charge in [0.25, 0.3) is 0 Å². The van der Waals surface area contributed by atoms with Gasteiger partial charge in [0.05, 0.1) is 12.7 Å². The Kier molecular flexibility index (Phi) is 2.49. The zero-order chi connectivity index (χ0) is 10.7. The molecule has 0 aliphatic heterocycles. The van der Waals surface area contributed by atoms with E-state index in [0.29, 0.717) is 17.3 Å². The highest BCUT2D eigenvalue weighted by Crippen LogP contribution is 2.28. The number of hydrogen-bond acceptors (Lipinski definition) is 4. The van der Waals surface area contributed by atoms with Crippen LogP contribution in [0, 0.1) is 0 Å². The predicted molar refractivity (Wildman–Crippen MR) is 58.4 cm³/mol. The summed E-state index contributed by atoms with van der Waals surface area (Å²) in [4.78, 5) is 8.31. The Hall–Kier alpha value is -2.10. The molecule has 0 aliphatic carbocycles. The Morgan fingerprint density at radius 1 is 1.20 bits per heavy atom. The average Bonchev–Trinajstić information content (AvgIpc) is 2.30. The molecular formula is C11H11N3O. The molecule has 2 N–H and O–H groups in total. The van der Waals surface area contributed by atoms with Gasteiger partial charge >= 0.3 is 0 Å². The Balaban J connectivity index is 2.53. The van der Waals surface area contributed by atoms with Gasteiger partial charge in [-0.25, -0.2) is 9.97 Å². The molecule has 0 saturated heterocycles. The topological polar surface area (TPSA) is 61.0 Å². The lowest BCUT2D eigenvalue weighted by Crippen LogP contribution is -1.94. The Morgan fingerprint density at radius 3 is 2.60 bits per heavy atom. The van der Waals surface area contributed by atoms with Crippen molar-refractivity contribution in [3.05, 3.63) is 36.7 Å². The van der Waals surface area contributed by atoms with Gasteiger partial charge < -0.3 is 10.5 Å². The van der Waals surface area contributed by atoms with Crippen LogP contribution in [-0.4, -0.2) is 17.1 Å². The van der Waals surface area contributed by atoms with E-state index in [2.05, 4.69) is 9.97 Å². The fraction of sp³-hybridized carbons (Fsp3) is 0.0909. The zero-order valence-electron chi connectivity index (χ0n) is 8.34. The number of nitrogen functional groups attached to an aromatic ring is 1. The maximum atomic E-state index is 5.66. The fourth-order valence-corrected chi connectivity index (χ4v) is 1.33. The van der Waals surface area contributed by atoms with Crippen LogP contribution in [0.1, 0.15) is 0 Å². The molecule has 15 heavy (non-hydrogen) atoms. The summed E-state index contributed by atoms with van der Waals surface area (Å²) in [6.45, 7) is 0. The molecule has 0 atom stereocenters. The first-order valence-corrected chi connectivity index (χ1v) is 4.52. The number of hydrogen-bond donors (Lipinski definition) is 1. The van der Waals surface area contributed by atoms with Crippen molar-refractivity contribution in [1.29, 1.82) is 0 Å². The second-order valence-corrected chi connectivity index (χ2v) is 3.03. The third-order valence-electron chi connectivity index (χ3n) is 2.03. The molecule has 0 spiro atoms. The fourth-order valence-electron chi connectivity index (χ4n) is 1.33. The highest BCUT2D eigenvalue weighted by molar-refractivity contribution is 5.67. The van der Waals surface area contributed by atoms with Crippen LogP contribution in [0.4, 0.5) is 5.69 Å². The van der Waals surface area contributed by atoms with Gasteiger partial charge in [0.15, 0.2) is 5.82 Å². The molecule has 0 saturated carbocycles. The predicted octanol–water partition coefficient (Wildman–Crippen LogP) is 1.73. The van der Waals surface area contributed by atoms with Gasteiger partial charge in [-0.15, -0.1) is 0 Å². The molecule has 2 rings (SSSR count). The van der Waals surface area contributed by atoms with E-state index in [1.165, 1.54) is 0 Å². The molecule has 0 unspecified atom stereocenters. The van der Waals surface area contributed by atoms with Crippen LogP contribution in [0.15, 0.2) is 36.7 Å². The number of anilines is 1. The van der Waals surface area contributed by atoms with Gasteiger partial charge in [-0.2, -0.15) is 0 Å². The molecule has 2 aromatic rings. The van der Waals surface area contributed by atoms with E-state index in [1.807, 2.05) is 6.07 Å². The molecule has 4 heteroatoms. The summed E-state index contributed by atoms with van der Waals surface area (Å²) in [6, 6.07) is 7.18. The second-order valence-electron chi connectivity index (χ2n) is 3.03. The van der Waals surface area contributed by atoms with E-state index in [-0.39, 0.29) is 0 Å². The first-order chi connectivity index (χ1) is 7.31. The Labute approximate surface area is 87.7 Å². The van der Waals surface area contributed by atoms with Crippen LogP contribution in [0.2, 0.25) is 0 Å². The average molecular weight is 201 g/mol. The van der Waals surface area contributed by atoms with Crippen LogP contribution < -0.4 is 10.5 Å². The molecular weight excluding hydrogens is 190 g/mol. The van der Waals surface area contributed by atoms with E-state index >= 15 is 0 Å². The molecule has 1 aromatic carbocycles. The minimum atomic E-state index is 0.634. The van der Waals surface area contributed by atoms with E-state index < -0.39 is 0 Å². The highest BCUT2D eigenvalue weighted by Gasteiger charge is 2.07. The van der Waals surface area contributed by atoms with Crippen molar-refractivity contribution < 1.29 is 4.74 Å². The van der Waals surface area contributed by atoms with Gasteiger partial charge in [0.2, 0.25) is 0 Å². The first-order valence-electron chi connectivity index (χ1n) is 4.52. The highest BCUT2D eigenvalue weighted by atomic mass is 16.5. The summed E-state index contributed by atoms with van der Waals surface area (Å²) in [7, 11) is 1.60. The molecule has 1 heterocycles. The molecule has 4 nitrogen and oxygen atoms in total. The monoisotopic (exact) mass is 201 g/mol. The minimum Gasteiger partial charge on any atom is -0.496 e. The number of methoxy groups -OCH3 is 1. The van der Waals surface area contributed by atoms with Gasteiger partial charge in [0, 0.05) is 24.1 Å². The van der Waals surface area contributed by atoms with E-state index in [9.17, 15) is 0 Å². The van der Waals surface area contributed by atoms with Crippen molar-refractivity contribution in [1.82, 2.24) is 9.97 Å². The van der Waals surface area contributed by atoms with E-state index in [1.54, 1.807) is 37.7 Å². The van der Waals surface area contributed by atoms with Crippen LogP contribution in [-0.2, 0) is 0 Å². The summed E-state index contributed by atoms with van der Waals surface area (Å²) < 4.78 is 5.22. The Bertz CT molecular complexity index is 457. The van der Waals surface area contributed by atoms with Crippen LogP contribution in [0.5, 0.6) is 5.75 Å². The SMILES string of the molecule is COc1cc(N)ccc1-c1ncccn1. The van der Waals surface area contributed by atoms with E-state index in [4.69, 9.17) is 10.5 Å².